The molecule has 3 aromatic carbocycles. The summed E-state index contributed by atoms with van der Waals surface area (Å²) in [6.07, 6.45) is 0.758. The van der Waals surface area contributed by atoms with Gasteiger partial charge in [-0.3, -0.25) is 0 Å². The van der Waals surface area contributed by atoms with E-state index < -0.39 is 10.0 Å². The number of hydrogen-bond donors (Lipinski definition) is 0. The van der Waals surface area contributed by atoms with E-state index in [0.717, 1.165) is 33.9 Å². The maximum atomic E-state index is 13.5. The van der Waals surface area contributed by atoms with Crippen LogP contribution < -0.4 is 0 Å². The Balaban J connectivity index is 1.84. The fraction of sp³-hybridized carbons (Fsp3) is 0.250. The Morgan fingerprint density at radius 2 is 1.68 bits per heavy atom. The van der Waals surface area contributed by atoms with E-state index in [-0.39, 0.29) is 12.0 Å². The Morgan fingerprint density at radius 1 is 1.00 bits per heavy atom. The molecular formula is C24H25NO2S. The first-order valence-corrected chi connectivity index (χ1v) is 11.0. The van der Waals surface area contributed by atoms with Crippen molar-refractivity contribution >= 4 is 20.8 Å². The lowest BCUT2D eigenvalue weighted by Crippen LogP contribution is -2.31. The third-order valence-corrected chi connectivity index (χ3v) is 7.65. The summed E-state index contributed by atoms with van der Waals surface area (Å²) >= 11 is 0. The van der Waals surface area contributed by atoms with Gasteiger partial charge in [0.2, 0.25) is 10.0 Å². The number of fused-ring (bicyclic) bond motifs is 1. The van der Waals surface area contributed by atoms with Gasteiger partial charge in [0.1, 0.15) is 0 Å². The predicted octanol–water partition coefficient (Wildman–Crippen LogP) is 5.48. The van der Waals surface area contributed by atoms with Crippen LogP contribution in [0.1, 0.15) is 30.5 Å². The van der Waals surface area contributed by atoms with E-state index in [2.05, 4.69) is 30.8 Å². The zero-order valence-electron chi connectivity index (χ0n) is 16.3. The Bertz CT molecular complexity index is 1130. The molecule has 1 aliphatic heterocycles. The lowest BCUT2D eigenvalue weighted by molar-refractivity contribution is 0.397. The summed E-state index contributed by atoms with van der Waals surface area (Å²) in [5.74, 6) is 0.157. The summed E-state index contributed by atoms with van der Waals surface area (Å²) in [5, 5.41) is 2.24. The number of rotatable bonds is 4. The van der Waals surface area contributed by atoms with Crippen LogP contribution in [0.25, 0.3) is 10.8 Å². The number of nitrogens with zero attached hydrogens (tertiary/aromatic N) is 1. The van der Waals surface area contributed by atoms with Crippen molar-refractivity contribution in [3.63, 3.8) is 0 Å². The van der Waals surface area contributed by atoms with Crippen molar-refractivity contribution in [2.75, 3.05) is 6.54 Å². The lowest BCUT2D eigenvalue weighted by Gasteiger charge is -2.25. The van der Waals surface area contributed by atoms with E-state index in [9.17, 15) is 8.42 Å². The average Bonchev–Trinajstić information content (AvgIpc) is 3.14. The number of benzene rings is 3. The predicted molar refractivity (Wildman–Crippen MR) is 115 cm³/mol. The molecule has 3 aromatic rings. The summed E-state index contributed by atoms with van der Waals surface area (Å²) < 4.78 is 28.7. The van der Waals surface area contributed by atoms with Gasteiger partial charge in [0.25, 0.3) is 0 Å². The summed E-state index contributed by atoms with van der Waals surface area (Å²) in [6, 6.07) is 21.2. The van der Waals surface area contributed by atoms with Crippen LogP contribution in [-0.2, 0) is 10.0 Å². The minimum atomic E-state index is -3.60. The first kappa shape index (κ1) is 18.9. The zero-order chi connectivity index (χ0) is 19.9. The van der Waals surface area contributed by atoms with Gasteiger partial charge in [0.05, 0.1) is 10.9 Å². The molecule has 1 fully saturated rings. The van der Waals surface area contributed by atoms with E-state index in [4.69, 9.17) is 0 Å². The fourth-order valence-corrected chi connectivity index (χ4v) is 5.76. The highest BCUT2D eigenvalue weighted by atomic mass is 32.2. The van der Waals surface area contributed by atoms with Crippen LogP contribution in [0.4, 0.5) is 0 Å². The van der Waals surface area contributed by atoms with Gasteiger partial charge in [-0.05, 0) is 54.7 Å². The molecule has 0 bridgehead atoms. The topological polar surface area (TPSA) is 37.4 Å². The van der Waals surface area contributed by atoms with Gasteiger partial charge in [-0.2, -0.15) is 4.31 Å². The second kappa shape index (κ2) is 7.19. The molecule has 0 N–H and O–H groups in total. The van der Waals surface area contributed by atoms with E-state index in [1.54, 1.807) is 16.4 Å². The molecule has 28 heavy (non-hydrogen) atoms. The number of sulfonamides is 1. The molecule has 1 aliphatic rings. The van der Waals surface area contributed by atoms with Crippen molar-refractivity contribution in [3.05, 3.63) is 90.0 Å². The SMILES string of the molecule is C=C(C)C1CC(c2cccc3ccccc23)N(S(=O)(=O)c2ccc(C)cc2)C1. The van der Waals surface area contributed by atoms with Crippen LogP contribution in [0.15, 0.2) is 83.8 Å². The third-order valence-electron chi connectivity index (χ3n) is 5.76. The number of aryl methyl sites for hydroxylation is 1. The Labute approximate surface area is 167 Å². The van der Waals surface area contributed by atoms with Crippen LogP contribution in [0.2, 0.25) is 0 Å². The highest BCUT2D eigenvalue weighted by molar-refractivity contribution is 7.89. The quantitative estimate of drug-likeness (QED) is 0.553. The Kier molecular flexibility index (Phi) is 4.86. The molecule has 2 atom stereocenters. The standard InChI is InChI=1S/C24H25NO2S/c1-17(2)20-15-24(23-10-6-8-19-7-4-5-9-22(19)23)25(16-20)28(26,27)21-13-11-18(3)12-14-21/h4-14,20,24H,1,15-16H2,2-3H3. The molecule has 0 aliphatic carbocycles. The van der Waals surface area contributed by atoms with Crippen LogP contribution in [-0.4, -0.2) is 19.3 Å². The van der Waals surface area contributed by atoms with Crippen molar-refractivity contribution in [2.24, 2.45) is 5.92 Å². The molecule has 2 unspecified atom stereocenters. The summed E-state index contributed by atoms with van der Waals surface area (Å²) in [5.41, 5.74) is 3.15. The molecule has 1 heterocycles. The zero-order valence-corrected chi connectivity index (χ0v) is 17.1. The minimum Gasteiger partial charge on any atom is -0.207 e. The van der Waals surface area contributed by atoms with E-state index in [1.165, 1.54) is 0 Å². The van der Waals surface area contributed by atoms with Crippen LogP contribution in [0.5, 0.6) is 0 Å². The van der Waals surface area contributed by atoms with Crippen molar-refractivity contribution < 1.29 is 8.42 Å². The first-order chi connectivity index (χ1) is 13.4. The third kappa shape index (κ3) is 3.27. The van der Waals surface area contributed by atoms with E-state index >= 15 is 0 Å². The van der Waals surface area contributed by atoms with Crippen LogP contribution in [0, 0.1) is 12.8 Å². The average molecular weight is 392 g/mol. The molecular weight excluding hydrogens is 366 g/mol. The molecule has 0 aromatic heterocycles. The molecule has 1 saturated heterocycles. The molecule has 0 amide bonds. The largest absolute Gasteiger partial charge is 0.243 e. The highest BCUT2D eigenvalue weighted by Gasteiger charge is 2.41. The van der Waals surface area contributed by atoms with Gasteiger partial charge >= 0.3 is 0 Å². The van der Waals surface area contributed by atoms with Crippen LogP contribution in [0.3, 0.4) is 0 Å². The van der Waals surface area contributed by atoms with Crippen molar-refractivity contribution in [1.82, 2.24) is 4.31 Å². The molecule has 0 saturated carbocycles. The highest BCUT2D eigenvalue weighted by Crippen LogP contribution is 2.43. The summed E-state index contributed by atoms with van der Waals surface area (Å²) in [6.45, 7) is 8.53. The molecule has 4 rings (SSSR count). The molecule has 4 heteroatoms. The van der Waals surface area contributed by atoms with Crippen molar-refractivity contribution in [1.29, 1.82) is 0 Å². The normalized spacial score (nSPS) is 20.5. The van der Waals surface area contributed by atoms with Crippen LogP contribution >= 0.6 is 0 Å². The summed E-state index contributed by atoms with van der Waals surface area (Å²) in [4.78, 5) is 0.353. The van der Waals surface area contributed by atoms with Crippen molar-refractivity contribution in [2.45, 2.75) is 31.2 Å². The maximum Gasteiger partial charge on any atom is 0.243 e. The van der Waals surface area contributed by atoms with E-state index in [0.29, 0.717) is 11.4 Å². The maximum absolute atomic E-state index is 13.5. The van der Waals surface area contributed by atoms with E-state index in [1.807, 2.05) is 44.2 Å². The second-order valence-electron chi connectivity index (χ2n) is 7.75. The fourth-order valence-electron chi connectivity index (χ4n) is 4.10. The molecule has 144 valence electrons. The van der Waals surface area contributed by atoms with Crippen molar-refractivity contribution in [3.8, 4) is 0 Å². The smallest absolute Gasteiger partial charge is 0.207 e. The second-order valence-corrected chi connectivity index (χ2v) is 9.64. The van der Waals surface area contributed by atoms with Gasteiger partial charge in [0, 0.05) is 6.54 Å². The Hall–Kier alpha value is -2.43. The van der Waals surface area contributed by atoms with Gasteiger partial charge in [0.15, 0.2) is 0 Å². The molecule has 0 spiro atoms. The van der Waals surface area contributed by atoms with Gasteiger partial charge in [-0.25, -0.2) is 8.42 Å². The number of hydrogen-bond acceptors (Lipinski definition) is 2. The van der Waals surface area contributed by atoms with Gasteiger partial charge in [-0.1, -0.05) is 72.3 Å². The molecule has 3 nitrogen and oxygen atoms in total. The monoisotopic (exact) mass is 391 g/mol. The van der Waals surface area contributed by atoms with Gasteiger partial charge < -0.3 is 0 Å². The first-order valence-electron chi connectivity index (χ1n) is 9.59. The van der Waals surface area contributed by atoms with Gasteiger partial charge in [-0.15, -0.1) is 0 Å². The Morgan fingerprint density at radius 3 is 2.39 bits per heavy atom. The summed E-state index contributed by atoms with van der Waals surface area (Å²) in [7, 11) is -3.60. The minimum absolute atomic E-state index is 0.157. The lowest BCUT2D eigenvalue weighted by atomic mass is 9.93. The molecule has 0 radical (unpaired) electrons.